The Morgan fingerprint density at radius 2 is 2.12 bits per heavy atom. The van der Waals surface area contributed by atoms with Crippen LogP contribution in [0.4, 0.5) is 0 Å². The van der Waals surface area contributed by atoms with E-state index in [0.717, 1.165) is 25.9 Å². The van der Waals surface area contributed by atoms with Crippen molar-refractivity contribution in [2.45, 2.75) is 25.3 Å². The molecule has 2 aliphatic rings. The van der Waals surface area contributed by atoms with E-state index >= 15 is 0 Å². The highest BCUT2D eigenvalue weighted by atomic mass is 32.2. The van der Waals surface area contributed by atoms with Gasteiger partial charge >= 0.3 is 0 Å². The van der Waals surface area contributed by atoms with Crippen molar-refractivity contribution in [1.82, 2.24) is 4.31 Å². The SMILES string of the molecule is NC(CS(=O)(=O)N1CCC1)C1CCCOC1. The van der Waals surface area contributed by atoms with E-state index in [-0.39, 0.29) is 17.7 Å². The first-order chi connectivity index (χ1) is 7.59. The zero-order chi connectivity index (χ0) is 11.6. The molecule has 0 radical (unpaired) electrons. The second-order valence-corrected chi connectivity index (χ2v) is 6.69. The summed E-state index contributed by atoms with van der Waals surface area (Å²) in [5.41, 5.74) is 5.97. The smallest absolute Gasteiger partial charge is 0.215 e. The molecule has 2 aliphatic heterocycles. The van der Waals surface area contributed by atoms with E-state index in [1.807, 2.05) is 0 Å². The van der Waals surface area contributed by atoms with Gasteiger partial charge in [-0.2, -0.15) is 0 Å². The number of nitrogens with zero attached hydrogens (tertiary/aromatic N) is 1. The lowest BCUT2D eigenvalue weighted by atomic mass is 9.96. The zero-order valence-electron chi connectivity index (χ0n) is 9.47. The molecule has 0 saturated carbocycles. The monoisotopic (exact) mass is 248 g/mol. The summed E-state index contributed by atoms with van der Waals surface area (Å²) in [5.74, 6) is 0.269. The molecule has 5 nitrogen and oxygen atoms in total. The maximum absolute atomic E-state index is 11.9. The van der Waals surface area contributed by atoms with Crippen LogP contribution in [-0.2, 0) is 14.8 Å². The van der Waals surface area contributed by atoms with Crippen LogP contribution in [0.25, 0.3) is 0 Å². The number of nitrogens with two attached hydrogens (primary N) is 1. The molecule has 2 fully saturated rings. The van der Waals surface area contributed by atoms with Crippen molar-refractivity contribution in [1.29, 1.82) is 0 Å². The number of ether oxygens (including phenoxy) is 1. The Balaban J connectivity index is 1.87. The van der Waals surface area contributed by atoms with Crippen molar-refractivity contribution >= 4 is 10.0 Å². The Labute approximate surface area is 97.0 Å². The molecule has 2 rings (SSSR count). The lowest BCUT2D eigenvalue weighted by molar-refractivity contribution is 0.0474. The van der Waals surface area contributed by atoms with Gasteiger partial charge in [-0.15, -0.1) is 0 Å². The third kappa shape index (κ3) is 2.74. The molecule has 2 saturated heterocycles. The quantitative estimate of drug-likeness (QED) is 0.746. The minimum atomic E-state index is -3.12. The van der Waals surface area contributed by atoms with Gasteiger partial charge in [-0.25, -0.2) is 12.7 Å². The third-order valence-electron chi connectivity index (χ3n) is 3.41. The highest BCUT2D eigenvalue weighted by Gasteiger charge is 2.32. The van der Waals surface area contributed by atoms with Crippen molar-refractivity contribution in [3.8, 4) is 0 Å². The number of sulfonamides is 1. The minimum Gasteiger partial charge on any atom is -0.381 e. The largest absolute Gasteiger partial charge is 0.381 e. The van der Waals surface area contributed by atoms with Gasteiger partial charge < -0.3 is 10.5 Å². The van der Waals surface area contributed by atoms with Crippen molar-refractivity contribution in [3.05, 3.63) is 0 Å². The predicted octanol–water partition coefficient (Wildman–Crippen LogP) is -0.224. The van der Waals surface area contributed by atoms with Gasteiger partial charge in [-0.1, -0.05) is 0 Å². The fraction of sp³-hybridized carbons (Fsp3) is 1.00. The molecule has 16 heavy (non-hydrogen) atoms. The molecule has 2 atom stereocenters. The molecule has 2 unspecified atom stereocenters. The molecule has 2 N–H and O–H groups in total. The molecule has 0 amide bonds. The topological polar surface area (TPSA) is 72.6 Å². The van der Waals surface area contributed by atoms with Gasteiger partial charge in [-0.3, -0.25) is 0 Å². The highest BCUT2D eigenvalue weighted by Crippen LogP contribution is 2.20. The van der Waals surface area contributed by atoms with Gasteiger partial charge in [0.1, 0.15) is 0 Å². The van der Waals surface area contributed by atoms with E-state index < -0.39 is 10.0 Å². The van der Waals surface area contributed by atoms with Crippen LogP contribution >= 0.6 is 0 Å². The van der Waals surface area contributed by atoms with Crippen LogP contribution in [0.15, 0.2) is 0 Å². The van der Waals surface area contributed by atoms with Crippen LogP contribution in [0.1, 0.15) is 19.3 Å². The minimum absolute atomic E-state index is 0.0705. The molecular formula is C10H20N2O3S. The van der Waals surface area contributed by atoms with E-state index in [0.29, 0.717) is 19.7 Å². The first-order valence-electron chi connectivity index (χ1n) is 5.91. The van der Waals surface area contributed by atoms with Gasteiger partial charge in [0.2, 0.25) is 10.0 Å². The Kier molecular flexibility index (Phi) is 3.84. The van der Waals surface area contributed by atoms with E-state index in [4.69, 9.17) is 10.5 Å². The van der Waals surface area contributed by atoms with Gasteiger partial charge in [-0.05, 0) is 25.2 Å². The summed E-state index contributed by atoms with van der Waals surface area (Å²) in [6, 6.07) is -0.286. The number of hydrogen-bond acceptors (Lipinski definition) is 4. The first kappa shape index (κ1) is 12.3. The molecule has 0 aromatic rings. The summed E-state index contributed by atoms with van der Waals surface area (Å²) in [6.07, 6.45) is 2.94. The molecule has 94 valence electrons. The molecular weight excluding hydrogens is 228 g/mol. The Morgan fingerprint density at radius 1 is 1.38 bits per heavy atom. The Hall–Kier alpha value is -0.170. The van der Waals surface area contributed by atoms with Gasteiger partial charge in [0.15, 0.2) is 0 Å². The molecule has 0 aliphatic carbocycles. The van der Waals surface area contributed by atoms with Crippen LogP contribution in [0, 0.1) is 5.92 Å². The van der Waals surface area contributed by atoms with Crippen molar-refractivity contribution in [3.63, 3.8) is 0 Å². The molecule has 6 heteroatoms. The first-order valence-corrected chi connectivity index (χ1v) is 7.51. The Morgan fingerprint density at radius 3 is 2.62 bits per heavy atom. The molecule has 0 spiro atoms. The maximum Gasteiger partial charge on any atom is 0.215 e. The molecule has 2 heterocycles. The van der Waals surface area contributed by atoms with Crippen LogP contribution in [0.2, 0.25) is 0 Å². The van der Waals surface area contributed by atoms with E-state index in [2.05, 4.69) is 0 Å². The van der Waals surface area contributed by atoms with Crippen LogP contribution < -0.4 is 5.73 Å². The van der Waals surface area contributed by atoms with Crippen molar-refractivity contribution in [2.75, 3.05) is 32.1 Å². The second kappa shape index (κ2) is 5.00. The average Bonchev–Trinajstić information content (AvgIpc) is 2.14. The predicted molar refractivity (Wildman–Crippen MR) is 61.5 cm³/mol. The van der Waals surface area contributed by atoms with E-state index in [9.17, 15) is 8.42 Å². The second-order valence-electron chi connectivity index (χ2n) is 4.67. The summed E-state index contributed by atoms with van der Waals surface area (Å²) in [5, 5.41) is 0. The number of rotatable bonds is 4. The van der Waals surface area contributed by atoms with Crippen LogP contribution in [0.5, 0.6) is 0 Å². The van der Waals surface area contributed by atoms with Gasteiger partial charge in [0.25, 0.3) is 0 Å². The van der Waals surface area contributed by atoms with Gasteiger partial charge in [0.05, 0.1) is 12.4 Å². The zero-order valence-corrected chi connectivity index (χ0v) is 10.3. The van der Waals surface area contributed by atoms with E-state index in [1.165, 1.54) is 4.31 Å². The average molecular weight is 248 g/mol. The molecule has 0 aromatic carbocycles. The number of hydrogen-bond donors (Lipinski definition) is 1. The van der Waals surface area contributed by atoms with Crippen molar-refractivity contribution < 1.29 is 13.2 Å². The normalized spacial score (nSPS) is 29.7. The molecule has 0 bridgehead atoms. The lowest BCUT2D eigenvalue weighted by Gasteiger charge is -2.33. The summed E-state index contributed by atoms with van der Waals surface area (Å²) in [6.45, 7) is 2.71. The van der Waals surface area contributed by atoms with Crippen LogP contribution in [-0.4, -0.2) is 50.8 Å². The third-order valence-corrected chi connectivity index (χ3v) is 5.37. The lowest BCUT2D eigenvalue weighted by Crippen LogP contribution is -2.49. The fourth-order valence-electron chi connectivity index (χ4n) is 2.15. The van der Waals surface area contributed by atoms with Crippen molar-refractivity contribution in [2.24, 2.45) is 11.7 Å². The van der Waals surface area contributed by atoms with Gasteiger partial charge in [0, 0.05) is 25.7 Å². The van der Waals surface area contributed by atoms with Crippen LogP contribution in [0.3, 0.4) is 0 Å². The summed E-state index contributed by atoms with van der Waals surface area (Å²) in [7, 11) is -3.12. The fourth-order valence-corrected chi connectivity index (χ4v) is 3.94. The summed E-state index contributed by atoms with van der Waals surface area (Å²) >= 11 is 0. The highest BCUT2D eigenvalue weighted by molar-refractivity contribution is 7.89. The molecule has 0 aromatic heterocycles. The maximum atomic E-state index is 11.9. The standard InChI is InChI=1S/C10H20N2O3S/c11-10(9-3-1-6-15-7-9)8-16(13,14)12-4-2-5-12/h9-10H,1-8,11H2. The van der Waals surface area contributed by atoms with E-state index in [1.54, 1.807) is 0 Å². The summed E-state index contributed by atoms with van der Waals surface area (Å²) in [4.78, 5) is 0. The Bertz CT molecular complexity index is 321. The summed E-state index contributed by atoms with van der Waals surface area (Å²) < 4.78 is 30.6.